The molecular formula is C15H22FN3O. The number of halogens is 1. The van der Waals surface area contributed by atoms with Crippen molar-refractivity contribution in [1.29, 1.82) is 0 Å². The molecule has 1 aromatic rings. The van der Waals surface area contributed by atoms with Crippen LogP contribution in [0.2, 0.25) is 0 Å². The van der Waals surface area contributed by atoms with Gasteiger partial charge in [-0.2, -0.15) is 0 Å². The Kier molecular flexibility index (Phi) is 5.09. The molecule has 0 saturated carbocycles. The minimum atomic E-state index is -0.529. The van der Waals surface area contributed by atoms with Crippen molar-refractivity contribution in [3.8, 4) is 0 Å². The van der Waals surface area contributed by atoms with E-state index in [-0.39, 0.29) is 5.82 Å². The van der Waals surface area contributed by atoms with E-state index in [0.29, 0.717) is 23.7 Å². The average Bonchev–Trinajstić information content (AvgIpc) is 2.42. The number of carbonyl (C=O) groups excluding carboxylic acids is 1. The summed E-state index contributed by atoms with van der Waals surface area (Å²) in [5.41, 5.74) is 6.04. The van der Waals surface area contributed by atoms with Crippen LogP contribution in [0.4, 0.5) is 4.39 Å². The Hall–Kier alpha value is -1.46. The standard InChI is InChI=1S/C15H22FN3O/c1-19-7-3-2-4-13(19)10-18-9-12-8-11(15(17)20)5-6-14(12)16/h5-6,8,13,18H,2-4,7,9-10H2,1H3,(H2,17,20). The highest BCUT2D eigenvalue weighted by molar-refractivity contribution is 5.92. The third kappa shape index (κ3) is 3.77. The van der Waals surface area contributed by atoms with Crippen molar-refractivity contribution in [2.75, 3.05) is 20.1 Å². The van der Waals surface area contributed by atoms with Crippen LogP contribution in [0.5, 0.6) is 0 Å². The van der Waals surface area contributed by atoms with Crippen LogP contribution in [0.15, 0.2) is 18.2 Å². The van der Waals surface area contributed by atoms with E-state index in [1.165, 1.54) is 37.5 Å². The molecule has 1 saturated heterocycles. The van der Waals surface area contributed by atoms with E-state index in [0.717, 1.165) is 13.1 Å². The summed E-state index contributed by atoms with van der Waals surface area (Å²) in [6, 6.07) is 4.74. The van der Waals surface area contributed by atoms with E-state index < -0.39 is 5.91 Å². The van der Waals surface area contributed by atoms with Crippen molar-refractivity contribution in [2.24, 2.45) is 5.73 Å². The first-order valence-corrected chi connectivity index (χ1v) is 7.07. The molecule has 3 N–H and O–H groups in total. The van der Waals surface area contributed by atoms with Gasteiger partial charge in [0.2, 0.25) is 5.91 Å². The number of hydrogen-bond donors (Lipinski definition) is 2. The molecule has 20 heavy (non-hydrogen) atoms. The molecule has 110 valence electrons. The van der Waals surface area contributed by atoms with Crippen LogP contribution in [-0.4, -0.2) is 37.0 Å². The maximum Gasteiger partial charge on any atom is 0.248 e. The first-order valence-electron chi connectivity index (χ1n) is 7.07. The third-order valence-electron chi connectivity index (χ3n) is 3.95. The molecule has 1 unspecified atom stereocenters. The summed E-state index contributed by atoms with van der Waals surface area (Å²) in [6.45, 7) is 2.37. The van der Waals surface area contributed by atoms with Gasteiger partial charge < -0.3 is 16.0 Å². The van der Waals surface area contributed by atoms with Gasteiger partial charge in [-0.25, -0.2) is 4.39 Å². The number of primary amides is 1. The number of amides is 1. The normalized spacial score (nSPS) is 20.0. The van der Waals surface area contributed by atoms with Gasteiger partial charge in [0.25, 0.3) is 0 Å². The van der Waals surface area contributed by atoms with Crippen LogP contribution >= 0.6 is 0 Å². The molecule has 5 heteroatoms. The molecular weight excluding hydrogens is 257 g/mol. The fourth-order valence-electron chi connectivity index (χ4n) is 2.64. The second-order valence-electron chi connectivity index (χ2n) is 5.43. The van der Waals surface area contributed by atoms with E-state index in [2.05, 4.69) is 17.3 Å². The highest BCUT2D eigenvalue weighted by atomic mass is 19.1. The Labute approximate surface area is 119 Å². The molecule has 1 aromatic carbocycles. The average molecular weight is 279 g/mol. The van der Waals surface area contributed by atoms with Crippen molar-refractivity contribution in [3.05, 3.63) is 35.1 Å². The lowest BCUT2D eigenvalue weighted by Gasteiger charge is -2.32. The minimum absolute atomic E-state index is 0.306. The molecule has 1 atom stereocenters. The maximum atomic E-state index is 13.7. The Balaban J connectivity index is 1.90. The van der Waals surface area contributed by atoms with Crippen LogP contribution in [0.25, 0.3) is 0 Å². The summed E-state index contributed by atoms with van der Waals surface area (Å²) in [5.74, 6) is -0.835. The summed E-state index contributed by atoms with van der Waals surface area (Å²) >= 11 is 0. The smallest absolute Gasteiger partial charge is 0.248 e. The number of likely N-dealkylation sites (tertiary alicyclic amines) is 1. The molecule has 1 aliphatic rings. The highest BCUT2D eigenvalue weighted by Crippen LogP contribution is 2.15. The number of nitrogens with zero attached hydrogens (tertiary/aromatic N) is 1. The largest absolute Gasteiger partial charge is 0.366 e. The van der Waals surface area contributed by atoms with Gasteiger partial charge in [-0.3, -0.25) is 4.79 Å². The number of carbonyl (C=O) groups is 1. The van der Waals surface area contributed by atoms with Gasteiger partial charge in [0.1, 0.15) is 5.82 Å². The molecule has 0 radical (unpaired) electrons. The number of nitrogens with two attached hydrogens (primary N) is 1. The Morgan fingerprint density at radius 3 is 3.00 bits per heavy atom. The fraction of sp³-hybridized carbons (Fsp3) is 0.533. The molecule has 0 aromatic heterocycles. The van der Waals surface area contributed by atoms with Crippen LogP contribution in [0, 0.1) is 5.82 Å². The van der Waals surface area contributed by atoms with Crippen LogP contribution in [-0.2, 0) is 6.54 Å². The van der Waals surface area contributed by atoms with Gasteiger partial charge in [-0.15, -0.1) is 0 Å². The van der Waals surface area contributed by atoms with Gasteiger partial charge in [-0.1, -0.05) is 6.42 Å². The molecule has 0 bridgehead atoms. The zero-order chi connectivity index (χ0) is 14.5. The number of hydrogen-bond acceptors (Lipinski definition) is 3. The molecule has 1 fully saturated rings. The maximum absolute atomic E-state index is 13.7. The van der Waals surface area contributed by atoms with E-state index in [1.54, 1.807) is 0 Å². The van der Waals surface area contributed by atoms with Crippen molar-refractivity contribution >= 4 is 5.91 Å². The lowest BCUT2D eigenvalue weighted by Crippen LogP contribution is -2.42. The molecule has 1 heterocycles. The Morgan fingerprint density at radius 1 is 1.50 bits per heavy atom. The van der Waals surface area contributed by atoms with E-state index >= 15 is 0 Å². The molecule has 1 aliphatic heterocycles. The molecule has 0 spiro atoms. The Bertz CT molecular complexity index is 478. The molecule has 2 rings (SSSR count). The van der Waals surface area contributed by atoms with Crippen LogP contribution in [0.3, 0.4) is 0 Å². The highest BCUT2D eigenvalue weighted by Gasteiger charge is 2.18. The molecule has 1 amide bonds. The summed E-state index contributed by atoms with van der Waals surface area (Å²) in [6.07, 6.45) is 3.68. The third-order valence-corrected chi connectivity index (χ3v) is 3.95. The minimum Gasteiger partial charge on any atom is -0.366 e. The summed E-state index contributed by atoms with van der Waals surface area (Å²) < 4.78 is 13.7. The van der Waals surface area contributed by atoms with Crippen LogP contribution in [0.1, 0.15) is 35.2 Å². The second kappa shape index (κ2) is 6.81. The van der Waals surface area contributed by atoms with Crippen molar-refractivity contribution in [1.82, 2.24) is 10.2 Å². The molecule has 0 aliphatic carbocycles. The zero-order valence-electron chi connectivity index (χ0n) is 11.9. The van der Waals surface area contributed by atoms with Crippen LogP contribution < -0.4 is 11.1 Å². The monoisotopic (exact) mass is 279 g/mol. The predicted octanol–water partition coefficient (Wildman–Crippen LogP) is 1.50. The first kappa shape index (κ1) is 14.9. The quantitative estimate of drug-likeness (QED) is 0.858. The van der Waals surface area contributed by atoms with Crippen molar-refractivity contribution < 1.29 is 9.18 Å². The van der Waals surface area contributed by atoms with Gasteiger partial charge >= 0.3 is 0 Å². The van der Waals surface area contributed by atoms with E-state index in [4.69, 9.17) is 5.73 Å². The summed E-state index contributed by atoms with van der Waals surface area (Å²) in [5, 5.41) is 3.28. The number of benzene rings is 1. The predicted molar refractivity (Wildman–Crippen MR) is 76.9 cm³/mol. The SMILES string of the molecule is CN1CCCCC1CNCc1cc(C(N)=O)ccc1F. The number of rotatable bonds is 5. The summed E-state index contributed by atoms with van der Waals surface area (Å²) in [7, 11) is 2.12. The van der Waals surface area contributed by atoms with Crippen molar-refractivity contribution in [2.45, 2.75) is 31.8 Å². The van der Waals surface area contributed by atoms with E-state index in [9.17, 15) is 9.18 Å². The zero-order valence-corrected chi connectivity index (χ0v) is 11.9. The van der Waals surface area contributed by atoms with Crippen molar-refractivity contribution in [3.63, 3.8) is 0 Å². The van der Waals surface area contributed by atoms with Gasteiger partial charge in [0, 0.05) is 30.3 Å². The van der Waals surface area contributed by atoms with Gasteiger partial charge in [0.15, 0.2) is 0 Å². The lowest BCUT2D eigenvalue weighted by molar-refractivity contribution is 0.1000. The second-order valence-corrected chi connectivity index (χ2v) is 5.43. The number of likely N-dealkylation sites (N-methyl/N-ethyl adjacent to an activating group) is 1. The topological polar surface area (TPSA) is 58.4 Å². The lowest BCUT2D eigenvalue weighted by atomic mass is 10.0. The first-order chi connectivity index (χ1) is 9.58. The van der Waals surface area contributed by atoms with Gasteiger partial charge in [0.05, 0.1) is 0 Å². The number of nitrogens with one attached hydrogen (secondary N) is 1. The Morgan fingerprint density at radius 2 is 2.30 bits per heavy atom. The fourth-order valence-corrected chi connectivity index (χ4v) is 2.64. The van der Waals surface area contributed by atoms with E-state index in [1.807, 2.05) is 0 Å². The molecule has 4 nitrogen and oxygen atoms in total. The van der Waals surface area contributed by atoms with Gasteiger partial charge in [-0.05, 0) is 44.6 Å². The summed E-state index contributed by atoms with van der Waals surface area (Å²) in [4.78, 5) is 13.4. The number of piperidine rings is 1.